The molecule has 19 heavy (non-hydrogen) atoms. The van der Waals surface area contributed by atoms with Crippen LogP contribution in [0.15, 0.2) is 24.3 Å². The molecule has 0 heterocycles. The lowest BCUT2D eigenvalue weighted by molar-refractivity contribution is -0.126. The van der Waals surface area contributed by atoms with Crippen LogP contribution in [0.4, 0.5) is 0 Å². The minimum Gasteiger partial charge on any atom is -0.354 e. The standard InChI is InChI=1S/C14H19ClN2O.ClH/c15-12-5-3-11(4-6-12)7-10-17-13(18)14(16)8-1-2-9-14;/h3-6H,1-2,7-10,16H2,(H,17,18);1H. The van der Waals surface area contributed by atoms with E-state index in [1.165, 1.54) is 0 Å². The van der Waals surface area contributed by atoms with Gasteiger partial charge in [0.05, 0.1) is 5.54 Å². The molecular weight excluding hydrogens is 283 g/mol. The normalized spacial score (nSPS) is 16.7. The third kappa shape index (κ3) is 4.37. The van der Waals surface area contributed by atoms with Crippen molar-refractivity contribution in [3.8, 4) is 0 Å². The summed E-state index contributed by atoms with van der Waals surface area (Å²) in [7, 11) is 0. The van der Waals surface area contributed by atoms with Crippen LogP contribution in [0.5, 0.6) is 0 Å². The highest BCUT2D eigenvalue weighted by molar-refractivity contribution is 6.30. The molecule has 3 nitrogen and oxygen atoms in total. The lowest BCUT2D eigenvalue weighted by Crippen LogP contribution is -2.52. The highest BCUT2D eigenvalue weighted by Crippen LogP contribution is 2.27. The van der Waals surface area contributed by atoms with Gasteiger partial charge in [-0.1, -0.05) is 36.6 Å². The van der Waals surface area contributed by atoms with Crippen molar-refractivity contribution in [2.75, 3.05) is 6.54 Å². The molecule has 1 aromatic rings. The van der Waals surface area contributed by atoms with Gasteiger partial charge in [0.1, 0.15) is 0 Å². The maximum Gasteiger partial charge on any atom is 0.240 e. The number of hydrogen-bond donors (Lipinski definition) is 2. The molecule has 1 aromatic carbocycles. The number of nitrogens with one attached hydrogen (secondary N) is 1. The molecule has 0 saturated heterocycles. The van der Waals surface area contributed by atoms with Crippen LogP contribution in [0.2, 0.25) is 5.02 Å². The molecule has 0 atom stereocenters. The molecule has 1 aliphatic carbocycles. The van der Waals surface area contributed by atoms with Crippen LogP contribution < -0.4 is 11.1 Å². The largest absolute Gasteiger partial charge is 0.354 e. The summed E-state index contributed by atoms with van der Waals surface area (Å²) in [6.45, 7) is 0.624. The highest BCUT2D eigenvalue weighted by atomic mass is 35.5. The molecule has 0 radical (unpaired) electrons. The molecule has 0 spiro atoms. The van der Waals surface area contributed by atoms with E-state index in [1.807, 2.05) is 24.3 Å². The van der Waals surface area contributed by atoms with Crippen LogP contribution in [0, 0.1) is 0 Å². The number of amides is 1. The number of halogens is 2. The Bertz CT molecular complexity index is 414. The summed E-state index contributed by atoms with van der Waals surface area (Å²) in [5, 5.41) is 3.66. The Morgan fingerprint density at radius 3 is 2.42 bits per heavy atom. The van der Waals surface area contributed by atoms with Crippen LogP contribution in [0.25, 0.3) is 0 Å². The van der Waals surface area contributed by atoms with E-state index in [-0.39, 0.29) is 18.3 Å². The summed E-state index contributed by atoms with van der Waals surface area (Å²) in [6.07, 6.45) is 4.53. The van der Waals surface area contributed by atoms with Crippen molar-refractivity contribution in [2.24, 2.45) is 5.73 Å². The fourth-order valence-corrected chi connectivity index (χ4v) is 2.51. The number of rotatable bonds is 4. The molecular formula is C14H20Cl2N2O. The predicted octanol–water partition coefficient (Wildman–Crippen LogP) is 2.69. The van der Waals surface area contributed by atoms with Crippen molar-refractivity contribution in [2.45, 2.75) is 37.6 Å². The summed E-state index contributed by atoms with van der Waals surface area (Å²) in [5.74, 6) is -0.00559. The van der Waals surface area contributed by atoms with Gasteiger partial charge in [-0.2, -0.15) is 0 Å². The van der Waals surface area contributed by atoms with Gasteiger partial charge < -0.3 is 11.1 Å². The van der Waals surface area contributed by atoms with E-state index < -0.39 is 5.54 Å². The first-order chi connectivity index (χ1) is 8.60. The van der Waals surface area contributed by atoms with E-state index in [2.05, 4.69) is 5.32 Å². The quantitative estimate of drug-likeness (QED) is 0.898. The van der Waals surface area contributed by atoms with E-state index in [4.69, 9.17) is 17.3 Å². The van der Waals surface area contributed by atoms with Gasteiger partial charge in [0.25, 0.3) is 0 Å². The Morgan fingerprint density at radius 1 is 1.26 bits per heavy atom. The summed E-state index contributed by atoms with van der Waals surface area (Å²) in [5.41, 5.74) is 6.61. The molecule has 1 fully saturated rings. The first kappa shape index (κ1) is 16.3. The second-order valence-corrected chi connectivity index (χ2v) is 5.43. The summed E-state index contributed by atoms with van der Waals surface area (Å²) < 4.78 is 0. The molecule has 1 aliphatic rings. The molecule has 0 bridgehead atoms. The van der Waals surface area contributed by atoms with Gasteiger partial charge in [-0.25, -0.2) is 0 Å². The van der Waals surface area contributed by atoms with Crippen LogP contribution in [0.1, 0.15) is 31.2 Å². The van der Waals surface area contributed by atoms with Crippen LogP contribution >= 0.6 is 24.0 Å². The lowest BCUT2D eigenvalue weighted by Gasteiger charge is -2.22. The van der Waals surface area contributed by atoms with Gasteiger partial charge in [0, 0.05) is 11.6 Å². The second-order valence-electron chi connectivity index (χ2n) is 5.00. The van der Waals surface area contributed by atoms with Gasteiger partial charge in [-0.05, 0) is 37.0 Å². The lowest BCUT2D eigenvalue weighted by atomic mass is 9.98. The maximum absolute atomic E-state index is 12.0. The van der Waals surface area contributed by atoms with Gasteiger partial charge in [0.2, 0.25) is 5.91 Å². The monoisotopic (exact) mass is 302 g/mol. The molecule has 3 N–H and O–H groups in total. The Hall–Kier alpha value is -0.770. The Labute approximate surface area is 125 Å². The minimum absolute atomic E-state index is 0. The highest BCUT2D eigenvalue weighted by Gasteiger charge is 2.36. The SMILES string of the molecule is Cl.NC1(C(=O)NCCc2ccc(Cl)cc2)CCCC1. The molecule has 1 amide bonds. The first-order valence-corrected chi connectivity index (χ1v) is 6.80. The average Bonchev–Trinajstić information content (AvgIpc) is 2.80. The van der Waals surface area contributed by atoms with E-state index in [0.29, 0.717) is 6.54 Å². The van der Waals surface area contributed by atoms with Gasteiger partial charge in [-0.15, -0.1) is 12.4 Å². The maximum atomic E-state index is 12.0. The van der Waals surface area contributed by atoms with E-state index in [0.717, 1.165) is 42.7 Å². The zero-order chi connectivity index (χ0) is 13.0. The Kier molecular flexibility index (Phi) is 6.11. The summed E-state index contributed by atoms with van der Waals surface area (Å²) in [6, 6.07) is 7.67. The van der Waals surface area contributed by atoms with Crippen molar-refractivity contribution in [1.29, 1.82) is 0 Å². The zero-order valence-electron chi connectivity index (χ0n) is 10.8. The number of hydrogen-bond acceptors (Lipinski definition) is 2. The zero-order valence-corrected chi connectivity index (χ0v) is 12.4. The molecule has 0 aliphatic heterocycles. The fraction of sp³-hybridized carbons (Fsp3) is 0.500. The van der Waals surface area contributed by atoms with Gasteiger partial charge in [-0.3, -0.25) is 4.79 Å². The predicted molar refractivity (Wildman–Crippen MR) is 80.8 cm³/mol. The molecule has 2 rings (SSSR count). The topological polar surface area (TPSA) is 55.1 Å². The molecule has 1 saturated carbocycles. The summed E-state index contributed by atoms with van der Waals surface area (Å²) in [4.78, 5) is 12.0. The minimum atomic E-state index is -0.625. The van der Waals surface area contributed by atoms with Crippen molar-refractivity contribution < 1.29 is 4.79 Å². The third-order valence-electron chi connectivity index (χ3n) is 3.56. The van der Waals surface area contributed by atoms with Crippen molar-refractivity contribution in [3.05, 3.63) is 34.9 Å². The Balaban J connectivity index is 0.00000180. The van der Waals surface area contributed by atoms with E-state index in [9.17, 15) is 4.79 Å². The smallest absolute Gasteiger partial charge is 0.240 e. The number of benzene rings is 1. The van der Waals surface area contributed by atoms with Crippen LogP contribution in [-0.4, -0.2) is 18.0 Å². The molecule has 0 aromatic heterocycles. The van der Waals surface area contributed by atoms with Crippen molar-refractivity contribution in [1.82, 2.24) is 5.32 Å². The number of nitrogens with two attached hydrogens (primary N) is 1. The van der Waals surface area contributed by atoms with Crippen molar-refractivity contribution in [3.63, 3.8) is 0 Å². The number of carbonyl (C=O) groups is 1. The second kappa shape index (κ2) is 7.13. The average molecular weight is 303 g/mol. The molecule has 0 unspecified atom stereocenters. The van der Waals surface area contributed by atoms with Crippen LogP contribution in [0.3, 0.4) is 0 Å². The van der Waals surface area contributed by atoms with Crippen LogP contribution in [-0.2, 0) is 11.2 Å². The van der Waals surface area contributed by atoms with E-state index >= 15 is 0 Å². The molecule has 5 heteroatoms. The van der Waals surface area contributed by atoms with E-state index in [1.54, 1.807) is 0 Å². The first-order valence-electron chi connectivity index (χ1n) is 6.42. The van der Waals surface area contributed by atoms with Gasteiger partial charge in [0.15, 0.2) is 0 Å². The fourth-order valence-electron chi connectivity index (χ4n) is 2.38. The van der Waals surface area contributed by atoms with Gasteiger partial charge >= 0.3 is 0 Å². The third-order valence-corrected chi connectivity index (χ3v) is 3.81. The Morgan fingerprint density at radius 2 is 1.84 bits per heavy atom. The number of carbonyl (C=O) groups excluding carboxylic acids is 1. The summed E-state index contributed by atoms with van der Waals surface area (Å²) >= 11 is 5.81. The molecule has 106 valence electrons. The van der Waals surface area contributed by atoms with Crippen molar-refractivity contribution >= 4 is 29.9 Å².